The maximum Gasteiger partial charge on any atom is 0.210 e. The van der Waals surface area contributed by atoms with E-state index in [0.29, 0.717) is 0 Å². The van der Waals surface area contributed by atoms with E-state index in [1.54, 1.807) is 6.21 Å². The topological polar surface area (TPSA) is 38.0 Å². The molecule has 0 saturated carbocycles. The quantitative estimate of drug-likeness (QED) is 0.766. The Morgan fingerprint density at radius 2 is 1.91 bits per heavy atom. The molecular formula is C17H19BrN2O2. The fourth-order valence-electron chi connectivity index (χ4n) is 2.37. The molecule has 0 radical (unpaired) electrons. The molecule has 1 aromatic heterocycles. The number of furan rings is 1. The molecule has 0 aliphatic carbocycles. The monoisotopic (exact) mass is 362 g/mol. The summed E-state index contributed by atoms with van der Waals surface area (Å²) < 4.78 is 12.2. The summed E-state index contributed by atoms with van der Waals surface area (Å²) in [6, 6.07) is 8.13. The van der Waals surface area contributed by atoms with Crippen LogP contribution in [0.2, 0.25) is 0 Å². The lowest BCUT2D eigenvalue weighted by molar-refractivity contribution is 0.120. The molecule has 2 aromatic rings. The van der Waals surface area contributed by atoms with Crippen molar-refractivity contribution in [3.63, 3.8) is 0 Å². The Labute approximate surface area is 138 Å². The van der Waals surface area contributed by atoms with Crippen LogP contribution in [0.3, 0.4) is 0 Å². The second-order valence-electron chi connectivity index (χ2n) is 5.43. The van der Waals surface area contributed by atoms with Gasteiger partial charge in [0, 0.05) is 19.2 Å². The van der Waals surface area contributed by atoms with Gasteiger partial charge in [-0.25, -0.2) is 0 Å². The Balaban J connectivity index is 1.77. The lowest BCUT2D eigenvalue weighted by atomic mass is 10.1. The molecule has 3 rings (SSSR count). The van der Waals surface area contributed by atoms with Crippen LogP contribution < -0.4 is 4.90 Å². The molecule has 0 amide bonds. The van der Waals surface area contributed by atoms with Gasteiger partial charge in [0.1, 0.15) is 5.76 Å². The fraction of sp³-hybridized carbons (Fsp3) is 0.353. The summed E-state index contributed by atoms with van der Waals surface area (Å²) in [6.45, 7) is 7.35. The van der Waals surface area contributed by atoms with Crippen LogP contribution in [-0.2, 0) is 4.74 Å². The third kappa shape index (κ3) is 3.42. The van der Waals surface area contributed by atoms with Crippen molar-refractivity contribution in [2.24, 2.45) is 4.99 Å². The number of nitrogens with zero attached hydrogens (tertiary/aromatic N) is 2. The van der Waals surface area contributed by atoms with E-state index in [4.69, 9.17) is 9.15 Å². The molecule has 0 N–H and O–H groups in total. The minimum atomic E-state index is 0.735. The van der Waals surface area contributed by atoms with E-state index < -0.39 is 0 Å². The maximum atomic E-state index is 5.90. The Hall–Kier alpha value is -1.59. The van der Waals surface area contributed by atoms with Crippen molar-refractivity contribution < 1.29 is 9.15 Å². The maximum absolute atomic E-state index is 5.90. The van der Waals surface area contributed by atoms with Crippen molar-refractivity contribution >= 4 is 33.7 Å². The smallest absolute Gasteiger partial charge is 0.210 e. The number of ether oxygens (including phenoxy) is 1. The van der Waals surface area contributed by atoms with Gasteiger partial charge in [0.25, 0.3) is 0 Å². The van der Waals surface area contributed by atoms with E-state index in [2.05, 4.69) is 51.8 Å². The Kier molecular flexibility index (Phi) is 4.64. The molecule has 2 heterocycles. The van der Waals surface area contributed by atoms with Crippen molar-refractivity contribution in [3.05, 3.63) is 45.6 Å². The van der Waals surface area contributed by atoms with Gasteiger partial charge in [-0.3, -0.25) is 4.99 Å². The average molecular weight is 363 g/mol. The Morgan fingerprint density at radius 1 is 1.14 bits per heavy atom. The highest BCUT2D eigenvalue weighted by Crippen LogP contribution is 2.30. The van der Waals surface area contributed by atoms with Gasteiger partial charge in [0.05, 0.1) is 29.6 Å². The van der Waals surface area contributed by atoms with Gasteiger partial charge in [-0.15, -0.1) is 0 Å². The van der Waals surface area contributed by atoms with E-state index >= 15 is 0 Å². The first-order chi connectivity index (χ1) is 10.6. The standard InChI is InChI=1S/C17H19BrN2O2/c1-12-3-4-14(9-13(12)2)19-11-15-10-16(18)17(22-15)20-5-7-21-8-6-20/h3-4,9-11H,5-8H2,1-2H3. The molecule has 0 spiro atoms. The number of hydrogen-bond acceptors (Lipinski definition) is 4. The van der Waals surface area contributed by atoms with Crippen LogP contribution in [0, 0.1) is 13.8 Å². The van der Waals surface area contributed by atoms with Gasteiger partial charge in [0.2, 0.25) is 5.88 Å². The summed E-state index contributed by atoms with van der Waals surface area (Å²) >= 11 is 3.56. The van der Waals surface area contributed by atoms with Crippen LogP contribution >= 0.6 is 15.9 Å². The van der Waals surface area contributed by atoms with Gasteiger partial charge >= 0.3 is 0 Å². The number of morpholine rings is 1. The zero-order valence-corrected chi connectivity index (χ0v) is 14.4. The van der Waals surface area contributed by atoms with Gasteiger partial charge in [-0.05, 0) is 53.0 Å². The van der Waals surface area contributed by atoms with Crippen molar-refractivity contribution in [2.75, 3.05) is 31.2 Å². The summed E-state index contributed by atoms with van der Waals surface area (Å²) in [7, 11) is 0. The van der Waals surface area contributed by atoms with Crippen LogP contribution in [0.25, 0.3) is 0 Å². The highest BCUT2D eigenvalue weighted by Gasteiger charge is 2.18. The second kappa shape index (κ2) is 6.67. The summed E-state index contributed by atoms with van der Waals surface area (Å²) in [5.41, 5.74) is 3.45. The Bertz CT molecular complexity index is 688. The van der Waals surface area contributed by atoms with Crippen molar-refractivity contribution in [3.8, 4) is 0 Å². The predicted molar refractivity (Wildman–Crippen MR) is 92.6 cm³/mol. The first kappa shape index (κ1) is 15.3. The number of aryl methyl sites for hydroxylation is 2. The van der Waals surface area contributed by atoms with E-state index in [1.165, 1.54) is 11.1 Å². The van der Waals surface area contributed by atoms with Gasteiger partial charge in [-0.1, -0.05) is 6.07 Å². The highest BCUT2D eigenvalue weighted by molar-refractivity contribution is 9.10. The molecule has 0 bridgehead atoms. The molecule has 1 aromatic carbocycles. The largest absolute Gasteiger partial charge is 0.438 e. The molecule has 1 aliphatic rings. The first-order valence-corrected chi connectivity index (χ1v) is 8.16. The number of benzene rings is 1. The van der Waals surface area contributed by atoms with Crippen molar-refractivity contribution in [2.45, 2.75) is 13.8 Å². The molecule has 1 saturated heterocycles. The predicted octanol–water partition coefficient (Wildman–Crippen LogP) is 4.25. The van der Waals surface area contributed by atoms with Crippen LogP contribution in [0.1, 0.15) is 16.9 Å². The zero-order chi connectivity index (χ0) is 15.5. The van der Waals surface area contributed by atoms with E-state index in [0.717, 1.165) is 48.1 Å². The molecule has 1 fully saturated rings. The summed E-state index contributed by atoms with van der Waals surface area (Å²) in [5, 5.41) is 0. The third-order valence-corrected chi connectivity index (χ3v) is 4.39. The summed E-state index contributed by atoms with van der Waals surface area (Å²) in [6.07, 6.45) is 1.76. The molecule has 0 atom stereocenters. The molecule has 116 valence electrons. The van der Waals surface area contributed by atoms with E-state index in [1.807, 2.05) is 12.1 Å². The van der Waals surface area contributed by atoms with Crippen molar-refractivity contribution in [1.29, 1.82) is 0 Å². The zero-order valence-electron chi connectivity index (χ0n) is 12.8. The first-order valence-electron chi connectivity index (χ1n) is 7.37. The summed E-state index contributed by atoms with van der Waals surface area (Å²) in [4.78, 5) is 6.68. The van der Waals surface area contributed by atoms with Crippen LogP contribution in [0.5, 0.6) is 0 Å². The minimum Gasteiger partial charge on any atom is -0.438 e. The van der Waals surface area contributed by atoms with E-state index in [-0.39, 0.29) is 0 Å². The Morgan fingerprint density at radius 3 is 2.64 bits per heavy atom. The van der Waals surface area contributed by atoms with Crippen molar-refractivity contribution in [1.82, 2.24) is 0 Å². The van der Waals surface area contributed by atoms with E-state index in [9.17, 15) is 0 Å². The van der Waals surface area contributed by atoms with Crippen LogP contribution in [-0.4, -0.2) is 32.5 Å². The van der Waals surface area contributed by atoms with Gasteiger partial charge in [-0.2, -0.15) is 0 Å². The number of anilines is 1. The molecule has 1 aliphatic heterocycles. The number of rotatable bonds is 3. The lowest BCUT2D eigenvalue weighted by Gasteiger charge is -2.26. The van der Waals surface area contributed by atoms with Gasteiger partial charge in [0.15, 0.2) is 0 Å². The van der Waals surface area contributed by atoms with Crippen LogP contribution in [0.4, 0.5) is 11.6 Å². The number of halogens is 1. The molecular weight excluding hydrogens is 344 g/mol. The minimum absolute atomic E-state index is 0.735. The number of hydrogen-bond donors (Lipinski definition) is 0. The highest BCUT2D eigenvalue weighted by atomic mass is 79.9. The lowest BCUT2D eigenvalue weighted by Crippen LogP contribution is -2.36. The number of aliphatic imine (C=N–C) groups is 1. The third-order valence-electron chi connectivity index (χ3n) is 3.82. The SMILES string of the molecule is Cc1ccc(N=Cc2cc(Br)c(N3CCOCC3)o2)cc1C. The molecule has 0 unspecified atom stereocenters. The second-order valence-corrected chi connectivity index (χ2v) is 6.28. The molecule has 4 nitrogen and oxygen atoms in total. The average Bonchev–Trinajstić information content (AvgIpc) is 2.90. The molecule has 22 heavy (non-hydrogen) atoms. The van der Waals surface area contributed by atoms with Gasteiger partial charge < -0.3 is 14.1 Å². The summed E-state index contributed by atoms with van der Waals surface area (Å²) in [5.74, 6) is 1.59. The fourth-order valence-corrected chi connectivity index (χ4v) is 2.92. The normalized spacial score (nSPS) is 15.7. The molecule has 5 heteroatoms. The van der Waals surface area contributed by atoms with Crippen LogP contribution in [0.15, 0.2) is 38.1 Å².